The number of carboxylic acid groups (broad SMARTS) is 1. The fourth-order valence-corrected chi connectivity index (χ4v) is 1.84. The summed E-state index contributed by atoms with van der Waals surface area (Å²) in [6.45, 7) is 0.704. The van der Waals surface area contributed by atoms with Crippen LogP contribution in [0.4, 0.5) is 5.69 Å². The lowest BCUT2D eigenvalue weighted by atomic mass is 10.1. The summed E-state index contributed by atoms with van der Waals surface area (Å²) >= 11 is 0. The molecule has 6 nitrogen and oxygen atoms in total. The average Bonchev–Trinajstić information content (AvgIpc) is 2.42. The number of carbonyl (C=O) groups is 2. The van der Waals surface area contributed by atoms with Gasteiger partial charge in [-0.1, -0.05) is 6.07 Å². The van der Waals surface area contributed by atoms with Gasteiger partial charge in [0, 0.05) is 38.4 Å². The Bertz CT molecular complexity index is 501. The minimum atomic E-state index is -1.01. The van der Waals surface area contributed by atoms with Crippen LogP contribution in [0.15, 0.2) is 24.3 Å². The molecule has 0 aliphatic carbocycles. The summed E-state index contributed by atoms with van der Waals surface area (Å²) in [5.74, 6) is -1.27. The second-order valence-electron chi connectivity index (χ2n) is 5.37. The van der Waals surface area contributed by atoms with Crippen molar-refractivity contribution in [3.63, 3.8) is 0 Å². The molecule has 1 N–H and O–H groups in total. The largest absolute Gasteiger partial charge is 0.480 e. The van der Waals surface area contributed by atoms with Crippen LogP contribution in [0.3, 0.4) is 0 Å². The van der Waals surface area contributed by atoms with Crippen molar-refractivity contribution in [1.82, 2.24) is 9.80 Å². The number of carboxylic acids is 1. The molecule has 0 aliphatic heterocycles. The number of likely N-dealkylation sites (N-methyl/N-ethyl adjacent to an activating group) is 1. The Balaban J connectivity index is 2.92. The van der Waals surface area contributed by atoms with Crippen LogP contribution in [0.25, 0.3) is 0 Å². The first-order valence-electron chi connectivity index (χ1n) is 6.74. The van der Waals surface area contributed by atoms with Crippen molar-refractivity contribution < 1.29 is 14.7 Å². The number of nitrogens with zero attached hydrogens (tertiary/aromatic N) is 3. The first kappa shape index (κ1) is 17.0. The molecule has 21 heavy (non-hydrogen) atoms. The maximum atomic E-state index is 12.5. The normalized spacial score (nSPS) is 10.5. The van der Waals surface area contributed by atoms with Crippen molar-refractivity contribution in [3.8, 4) is 0 Å². The number of anilines is 1. The molecule has 0 spiro atoms. The van der Waals surface area contributed by atoms with Gasteiger partial charge in [-0.15, -0.1) is 0 Å². The number of carbonyl (C=O) groups excluding carboxylic acids is 1. The van der Waals surface area contributed by atoms with Crippen molar-refractivity contribution in [1.29, 1.82) is 0 Å². The molecule has 1 rings (SSSR count). The van der Waals surface area contributed by atoms with Gasteiger partial charge in [0.25, 0.3) is 5.91 Å². The van der Waals surface area contributed by atoms with Gasteiger partial charge < -0.3 is 19.8 Å². The van der Waals surface area contributed by atoms with Crippen LogP contribution in [0, 0.1) is 0 Å². The van der Waals surface area contributed by atoms with Crippen LogP contribution < -0.4 is 4.90 Å². The monoisotopic (exact) mass is 293 g/mol. The Morgan fingerprint density at radius 3 is 2.29 bits per heavy atom. The Hall–Kier alpha value is -2.08. The van der Waals surface area contributed by atoms with Crippen LogP contribution in [0.2, 0.25) is 0 Å². The SMILES string of the molecule is CN(C)CCN(CC(=O)O)C(=O)c1cccc(N(C)C)c1. The molecule has 0 aliphatic rings. The second-order valence-corrected chi connectivity index (χ2v) is 5.37. The van der Waals surface area contributed by atoms with Crippen molar-refractivity contribution in [2.45, 2.75) is 0 Å². The third kappa shape index (κ3) is 5.43. The van der Waals surface area contributed by atoms with E-state index in [2.05, 4.69) is 0 Å². The number of hydrogen-bond donors (Lipinski definition) is 1. The van der Waals surface area contributed by atoms with Gasteiger partial charge in [-0.2, -0.15) is 0 Å². The Labute approximate surface area is 125 Å². The van der Waals surface area contributed by atoms with E-state index in [1.165, 1.54) is 4.90 Å². The Morgan fingerprint density at radius 1 is 1.10 bits per heavy atom. The van der Waals surface area contributed by atoms with Crippen molar-refractivity contribution in [3.05, 3.63) is 29.8 Å². The predicted octanol–water partition coefficient (Wildman–Crippen LogP) is 0.841. The molecular formula is C15H23N3O3. The fourth-order valence-electron chi connectivity index (χ4n) is 1.84. The molecule has 0 saturated carbocycles. The van der Waals surface area contributed by atoms with Gasteiger partial charge in [0.15, 0.2) is 0 Å². The Kier molecular flexibility index (Phi) is 6.17. The van der Waals surface area contributed by atoms with E-state index in [0.29, 0.717) is 18.7 Å². The van der Waals surface area contributed by atoms with Crippen LogP contribution in [-0.4, -0.2) is 74.6 Å². The van der Waals surface area contributed by atoms with Crippen molar-refractivity contribution >= 4 is 17.6 Å². The molecule has 0 heterocycles. The highest BCUT2D eigenvalue weighted by molar-refractivity contribution is 5.96. The molecule has 0 saturated heterocycles. The zero-order valence-electron chi connectivity index (χ0n) is 13.0. The van der Waals surface area contributed by atoms with Crippen LogP contribution in [0.5, 0.6) is 0 Å². The lowest BCUT2D eigenvalue weighted by Crippen LogP contribution is -2.40. The molecule has 0 fully saturated rings. The summed E-state index contributed by atoms with van der Waals surface area (Å²) in [7, 11) is 7.56. The third-order valence-corrected chi connectivity index (χ3v) is 3.04. The summed E-state index contributed by atoms with van der Waals surface area (Å²) in [6.07, 6.45) is 0. The highest BCUT2D eigenvalue weighted by Crippen LogP contribution is 2.15. The van der Waals surface area contributed by atoms with Gasteiger partial charge in [0.2, 0.25) is 0 Å². The molecule has 0 radical (unpaired) electrons. The van der Waals surface area contributed by atoms with Gasteiger partial charge in [-0.25, -0.2) is 0 Å². The van der Waals surface area contributed by atoms with Gasteiger partial charge in [-0.3, -0.25) is 9.59 Å². The lowest BCUT2D eigenvalue weighted by molar-refractivity contribution is -0.137. The van der Waals surface area contributed by atoms with E-state index < -0.39 is 5.97 Å². The van der Waals surface area contributed by atoms with Crippen molar-refractivity contribution in [2.75, 3.05) is 52.7 Å². The maximum Gasteiger partial charge on any atom is 0.323 e. The molecule has 1 aromatic rings. The smallest absolute Gasteiger partial charge is 0.323 e. The van der Waals surface area contributed by atoms with E-state index in [-0.39, 0.29) is 12.5 Å². The standard InChI is InChI=1S/C15H23N3O3/c1-16(2)8-9-18(11-14(19)20)15(21)12-6-5-7-13(10-12)17(3)4/h5-7,10H,8-9,11H2,1-4H3,(H,19,20). The molecule has 0 unspecified atom stereocenters. The molecule has 0 aromatic heterocycles. The number of rotatable bonds is 7. The molecule has 1 amide bonds. The van der Waals surface area contributed by atoms with E-state index in [9.17, 15) is 9.59 Å². The first-order valence-corrected chi connectivity index (χ1v) is 6.74. The number of amides is 1. The third-order valence-electron chi connectivity index (χ3n) is 3.04. The molecular weight excluding hydrogens is 270 g/mol. The molecule has 0 atom stereocenters. The molecule has 0 bridgehead atoms. The fraction of sp³-hybridized carbons (Fsp3) is 0.467. The summed E-state index contributed by atoms with van der Waals surface area (Å²) in [5, 5.41) is 8.97. The van der Waals surface area contributed by atoms with Crippen molar-refractivity contribution in [2.24, 2.45) is 0 Å². The van der Waals surface area contributed by atoms with Crippen LogP contribution >= 0.6 is 0 Å². The average molecular weight is 293 g/mol. The highest BCUT2D eigenvalue weighted by atomic mass is 16.4. The zero-order chi connectivity index (χ0) is 16.0. The minimum Gasteiger partial charge on any atom is -0.480 e. The zero-order valence-corrected chi connectivity index (χ0v) is 13.0. The first-order chi connectivity index (χ1) is 9.81. The molecule has 6 heteroatoms. The minimum absolute atomic E-state index is 0.261. The summed E-state index contributed by atoms with van der Waals surface area (Å²) in [4.78, 5) is 28.6. The number of hydrogen-bond acceptors (Lipinski definition) is 4. The van der Waals surface area contributed by atoms with Crippen LogP contribution in [0.1, 0.15) is 10.4 Å². The van der Waals surface area contributed by atoms with E-state index in [4.69, 9.17) is 5.11 Å². The molecule has 1 aromatic carbocycles. The van der Waals surface area contributed by atoms with Gasteiger partial charge in [-0.05, 0) is 32.3 Å². The lowest BCUT2D eigenvalue weighted by Gasteiger charge is -2.23. The van der Waals surface area contributed by atoms with E-state index in [1.54, 1.807) is 18.2 Å². The second kappa shape index (κ2) is 7.64. The topological polar surface area (TPSA) is 64.1 Å². The van der Waals surface area contributed by atoms with Gasteiger partial charge in [0.05, 0.1) is 0 Å². The van der Waals surface area contributed by atoms with E-state index in [1.807, 2.05) is 44.1 Å². The maximum absolute atomic E-state index is 12.5. The quantitative estimate of drug-likeness (QED) is 0.807. The van der Waals surface area contributed by atoms with Gasteiger partial charge >= 0.3 is 5.97 Å². The highest BCUT2D eigenvalue weighted by Gasteiger charge is 2.19. The summed E-state index contributed by atoms with van der Waals surface area (Å²) in [5.41, 5.74) is 1.41. The van der Waals surface area contributed by atoms with Crippen LogP contribution in [-0.2, 0) is 4.79 Å². The number of benzene rings is 1. The summed E-state index contributed by atoms with van der Waals surface area (Å²) < 4.78 is 0. The summed E-state index contributed by atoms with van der Waals surface area (Å²) in [6, 6.07) is 7.18. The van der Waals surface area contributed by atoms with Gasteiger partial charge in [0.1, 0.15) is 6.54 Å². The van der Waals surface area contributed by atoms with E-state index in [0.717, 1.165) is 5.69 Å². The van der Waals surface area contributed by atoms with E-state index >= 15 is 0 Å². The predicted molar refractivity (Wildman–Crippen MR) is 82.9 cm³/mol. The molecule has 116 valence electrons. The Morgan fingerprint density at radius 2 is 1.76 bits per heavy atom. The number of aliphatic carboxylic acids is 1.